The molecule has 0 aromatic carbocycles. The predicted molar refractivity (Wildman–Crippen MR) is 51.7 cm³/mol. The van der Waals surface area contributed by atoms with E-state index in [1.165, 1.54) is 0 Å². The SMILES string of the molecule is CC1=NC=C(Cl)C(OC(C)C)C1. The molecule has 1 aliphatic heterocycles. The number of rotatable bonds is 2. The molecule has 1 rings (SSSR count). The minimum Gasteiger partial charge on any atom is -0.369 e. The van der Waals surface area contributed by atoms with Crippen LogP contribution in [0.4, 0.5) is 0 Å². The lowest BCUT2D eigenvalue weighted by Gasteiger charge is -2.21. The van der Waals surface area contributed by atoms with E-state index in [2.05, 4.69) is 4.99 Å². The second-order valence-electron chi connectivity index (χ2n) is 3.26. The van der Waals surface area contributed by atoms with E-state index < -0.39 is 0 Å². The molecule has 0 fully saturated rings. The Labute approximate surface area is 78.3 Å². The molecule has 12 heavy (non-hydrogen) atoms. The summed E-state index contributed by atoms with van der Waals surface area (Å²) in [7, 11) is 0. The lowest BCUT2D eigenvalue weighted by Crippen LogP contribution is -2.22. The first-order valence-electron chi connectivity index (χ1n) is 4.14. The van der Waals surface area contributed by atoms with E-state index in [1.807, 2.05) is 20.8 Å². The maximum absolute atomic E-state index is 5.92. The summed E-state index contributed by atoms with van der Waals surface area (Å²) < 4.78 is 5.59. The van der Waals surface area contributed by atoms with Crippen LogP contribution in [0.3, 0.4) is 0 Å². The summed E-state index contributed by atoms with van der Waals surface area (Å²) in [4.78, 5) is 4.11. The van der Waals surface area contributed by atoms with E-state index in [0.717, 1.165) is 12.1 Å². The number of aliphatic imine (C=N–C) groups is 1. The van der Waals surface area contributed by atoms with Crippen LogP contribution >= 0.6 is 11.6 Å². The Morgan fingerprint density at radius 2 is 2.33 bits per heavy atom. The van der Waals surface area contributed by atoms with Crippen molar-refractivity contribution in [3.63, 3.8) is 0 Å². The van der Waals surface area contributed by atoms with Crippen LogP contribution in [0.2, 0.25) is 0 Å². The van der Waals surface area contributed by atoms with Gasteiger partial charge in [-0.15, -0.1) is 0 Å². The van der Waals surface area contributed by atoms with Gasteiger partial charge in [0.15, 0.2) is 0 Å². The first-order chi connectivity index (χ1) is 5.59. The summed E-state index contributed by atoms with van der Waals surface area (Å²) in [6.07, 6.45) is 2.72. The van der Waals surface area contributed by atoms with E-state index in [1.54, 1.807) is 6.20 Å². The quantitative estimate of drug-likeness (QED) is 0.652. The number of hydrogen-bond donors (Lipinski definition) is 0. The van der Waals surface area contributed by atoms with E-state index in [4.69, 9.17) is 16.3 Å². The Balaban J connectivity index is 2.58. The predicted octanol–water partition coefficient (Wildman–Crippen LogP) is 2.72. The van der Waals surface area contributed by atoms with Crippen LogP contribution in [-0.2, 0) is 4.74 Å². The van der Waals surface area contributed by atoms with Crippen LogP contribution in [0.15, 0.2) is 16.2 Å². The number of ether oxygens (including phenoxy) is 1. The summed E-state index contributed by atoms with van der Waals surface area (Å²) >= 11 is 5.92. The van der Waals surface area contributed by atoms with Gasteiger partial charge in [0.2, 0.25) is 0 Å². The molecule has 0 radical (unpaired) electrons. The first kappa shape index (κ1) is 9.75. The topological polar surface area (TPSA) is 21.6 Å². The maximum Gasteiger partial charge on any atom is 0.100 e. The van der Waals surface area contributed by atoms with Crippen molar-refractivity contribution in [1.82, 2.24) is 0 Å². The third-order valence-electron chi connectivity index (χ3n) is 1.63. The van der Waals surface area contributed by atoms with Crippen molar-refractivity contribution in [3.8, 4) is 0 Å². The molecule has 1 unspecified atom stereocenters. The van der Waals surface area contributed by atoms with Crippen LogP contribution in [0.5, 0.6) is 0 Å². The molecule has 0 saturated carbocycles. The number of nitrogens with zero attached hydrogens (tertiary/aromatic N) is 1. The van der Waals surface area contributed by atoms with Crippen LogP contribution in [0.1, 0.15) is 27.2 Å². The molecule has 0 aliphatic carbocycles. The highest BCUT2D eigenvalue weighted by molar-refractivity contribution is 6.30. The fraction of sp³-hybridized carbons (Fsp3) is 0.667. The molecular weight excluding hydrogens is 174 g/mol. The minimum atomic E-state index is 0.0177. The van der Waals surface area contributed by atoms with Gasteiger partial charge in [-0.25, -0.2) is 0 Å². The fourth-order valence-electron chi connectivity index (χ4n) is 1.12. The van der Waals surface area contributed by atoms with Crippen molar-refractivity contribution in [3.05, 3.63) is 11.2 Å². The molecule has 0 bridgehead atoms. The van der Waals surface area contributed by atoms with Gasteiger partial charge in [0.1, 0.15) is 6.10 Å². The normalized spacial score (nSPS) is 23.9. The van der Waals surface area contributed by atoms with Crippen molar-refractivity contribution < 1.29 is 4.74 Å². The molecule has 1 heterocycles. The second-order valence-corrected chi connectivity index (χ2v) is 3.69. The first-order valence-corrected chi connectivity index (χ1v) is 4.51. The van der Waals surface area contributed by atoms with Crippen LogP contribution in [0, 0.1) is 0 Å². The standard InChI is InChI=1S/C9H14ClNO/c1-6(2)12-9-4-7(3)11-5-8(9)10/h5-6,9H,4H2,1-3H3. The molecule has 1 aliphatic rings. The zero-order chi connectivity index (χ0) is 9.14. The third-order valence-corrected chi connectivity index (χ3v) is 1.97. The van der Waals surface area contributed by atoms with Crippen LogP contribution in [-0.4, -0.2) is 17.9 Å². The molecule has 0 saturated heterocycles. The van der Waals surface area contributed by atoms with Gasteiger partial charge in [-0.1, -0.05) is 11.6 Å². The van der Waals surface area contributed by atoms with Gasteiger partial charge in [0.05, 0.1) is 11.1 Å². The molecule has 2 nitrogen and oxygen atoms in total. The average molecular weight is 188 g/mol. The van der Waals surface area contributed by atoms with Gasteiger partial charge < -0.3 is 4.74 Å². The van der Waals surface area contributed by atoms with Crippen molar-refractivity contribution in [2.24, 2.45) is 4.99 Å². The molecule has 0 aromatic heterocycles. The fourth-order valence-corrected chi connectivity index (χ4v) is 1.29. The highest BCUT2D eigenvalue weighted by atomic mass is 35.5. The highest BCUT2D eigenvalue weighted by Gasteiger charge is 2.18. The van der Waals surface area contributed by atoms with Crippen LogP contribution in [0.25, 0.3) is 0 Å². The summed E-state index contributed by atoms with van der Waals surface area (Å²) in [5.41, 5.74) is 1.07. The number of hydrogen-bond acceptors (Lipinski definition) is 2. The Bertz CT molecular complexity index is 221. The zero-order valence-corrected chi connectivity index (χ0v) is 8.43. The summed E-state index contributed by atoms with van der Waals surface area (Å²) in [5, 5.41) is 0.703. The average Bonchev–Trinajstić information content (AvgIpc) is 1.96. The second kappa shape index (κ2) is 4.06. The van der Waals surface area contributed by atoms with Gasteiger partial charge in [0, 0.05) is 18.3 Å². The highest BCUT2D eigenvalue weighted by Crippen LogP contribution is 2.21. The largest absolute Gasteiger partial charge is 0.369 e. The summed E-state index contributed by atoms with van der Waals surface area (Å²) in [6, 6.07) is 0. The monoisotopic (exact) mass is 187 g/mol. The molecule has 0 N–H and O–H groups in total. The van der Waals surface area contributed by atoms with Crippen molar-refractivity contribution in [2.75, 3.05) is 0 Å². The third kappa shape index (κ3) is 2.61. The lowest BCUT2D eigenvalue weighted by molar-refractivity contribution is 0.0363. The van der Waals surface area contributed by atoms with Crippen molar-refractivity contribution in [2.45, 2.75) is 39.4 Å². The van der Waals surface area contributed by atoms with Gasteiger partial charge in [-0.3, -0.25) is 4.99 Å². The van der Waals surface area contributed by atoms with Crippen molar-refractivity contribution in [1.29, 1.82) is 0 Å². The van der Waals surface area contributed by atoms with Crippen molar-refractivity contribution >= 4 is 17.3 Å². The van der Waals surface area contributed by atoms with Gasteiger partial charge in [0.25, 0.3) is 0 Å². The Morgan fingerprint density at radius 1 is 1.67 bits per heavy atom. The number of halogens is 1. The molecule has 3 heteroatoms. The van der Waals surface area contributed by atoms with Gasteiger partial charge in [-0.2, -0.15) is 0 Å². The Morgan fingerprint density at radius 3 is 2.92 bits per heavy atom. The molecule has 1 atom stereocenters. The summed E-state index contributed by atoms with van der Waals surface area (Å²) in [6.45, 7) is 5.99. The van der Waals surface area contributed by atoms with E-state index in [9.17, 15) is 0 Å². The molecule has 68 valence electrons. The Kier molecular flexibility index (Phi) is 3.29. The lowest BCUT2D eigenvalue weighted by atomic mass is 10.1. The van der Waals surface area contributed by atoms with E-state index >= 15 is 0 Å². The molecule has 0 amide bonds. The van der Waals surface area contributed by atoms with Crippen LogP contribution < -0.4 is 0 Å². The molecule has 0 spiro atoms. The summed E-state index contributed by atoms with van der Waals surface area (Å²) in [5.74, 6) is 0. The smallest absolute Gasteiger partial charge is 0.100 e. The van der Waals surface area contributed by atoms with Gasteiger partial charge in [-0.05, 0) is 20.8 Å². The minimum absolute atomic E-state index is 0.0177. The molecular formula is C9H14ClNO. The van der Waals surface area contributed by atoms with Gasteiger partial charge >= 0.3 is 0 Å². The Hall–Kier alpha value is -0.340. The maximum atomic E-state index is 5.92. The van der Waals surface area contributed by atoms with E-state index in [0.29, 0.717) is 5.03 Å². The molecule has 0 aromatic rings. The van der Waals surface area contributed by atoms with E-state index in [-0.39, 0.29) is 12.2 Å². The zero-order valence-electron chi connectivity index (χ0n) is 7.67.